The minimum absolute atomic E-state index is 0. The van der Waals surface area contributed by atoms with Crippen molar-refractivity contribution < 1.29 is 9.47 Å². The third kappa shape index (κ3) is 7.04. The van der Waals surface area contributed by atoms with Gasteiger partial charge in [0.05, 0.1) is 18.7 Å². The largest absolute Gasteiger partial charge is 0.493 e. The second-order valence-electron chi connectivity index (χ2n) is 5.81. The van der Waals surface area contributed by atoms with Crippen LogP contribution in [0.4, 0.5) is 0 Å². The first-order chi connectivity index (χ1) is 12.6. The summed E-state index contributed by atoms with van der Waals surface area (Å²) >= 11 is 8.04. The highest BCUT2D eigenvalue weighted by molar-refractivity contribution is 14.0. The standard InChI is InChI=1S/C19H26ClN3O2S.HI/c1-5-25-18-16(20)8-14(9-17(18)24-4)11-23-19(21-3)22-10-13(2)15-6-7-26-12-15;/h6-9,12-13H,5,10-11H2,1-4H3,(H2,21,22,23);1H. The molecule has 0 aliphatic carbocycles. The minimum atomic E-state index is 0. The molecular formula is C19H27ClIN3O2S. The van der Waals surface area contributed by atoms with Gasteiger partial charge in [0, 0.05) is 20.1 Å². The summed E-state index contributed by atoms with van der Waals surface area (Å²) in [4.78, 5) is 4.28. The molecule has 0 spiro atoms. The molecule has 1 aromatic heterocycles. The molecule has 2 rings (SSSR count). The van der Waals surface area contributed by atoms with E-state index in [1.165, 1.54) is 5.56 Å². The number of hydrogen-bond acceptors (Lipinski definition) is 4. The lowest BCUT2D eigenvalue weighted by atomic mass is 10.1. The van der Waals surface area contributed by atoms with Crippen LogP contribution in [-0.4, -0.2) is 33.3 Å². The van der Waals surface area contributed by atoms with E-state index in [4.69, 9.17) is 21.1 Å². The molecular weight excluding hydrogens is 497 g/mol. The van der Waals surface area contributed by atoms with Crippen LogP contribution >= 0.6 is 46.9 Å². The molecule has 0 aliphatic heterocycles. The molecule has 8 heteroatoms. The van der Waals surface area contributed by atoms with E-state index in [1.54, 1.807) is 25.5 Å². The highest BCUT2D eigenvalue weighted by Gasteiger charge is 2.12. The number of guanidine groups is 1. The molecule has 0 aliphatic rings. The first kappa shape index (κ1) is 23.8. The molecule has 0 saturated carbocycles. The van der Waals surface area contributed by atoms with Gasteiger partial charge < -0.3 is 20.1 Å². The summed E-state index contributed by atoms with van der Waals surface area (Å²) in [6.07, 6.45) is 0. The summed E-state index contributed by atoms with van der Waals surface area (Å²) < 4.78 is 10.9. The van der Waals surface area contributed by atoms with Crippen LogP contribution in [0.25, 0.3) is 0 Å². The summed E-state index contributed by atoms with van der Waals surface area (Å²) in [5.41, 5.74) is 2.32. The van der Waals surface area contributed by atoms with Crippen molar-refractivity contribution in [2.24, 2.45) is 4.99 Å². The van der Waals surface area contributed by atoms with E-state index in [9.17, 15) is 0 Å². The fraction of sp³-hybridized carbons (Fsp3) is 0.421. The van der Waals surface area contributed by atoms with Crippen LogP contribution in [0.3, 0.4) is 0 Å². The fourth-order valence-electron chi connectivity index (χ4n) is 2.49. The van der Waals surface area contributed by atoms with Gasteiger partial charge >= 0.3 is 0 Å². The number of benzene rings is 1. The Morgan fingerprint density at radius 3 is 2.70 bits per heavy atom. The Labute approximate surface area is 187 Å². The van der Waals surface area contributed by atoms with Crippen LogP contribution in [0.15, 0.2) is 34.0 Å². The number of nitrogens with one attached hydrogen (secondary N) is 2. The Kier molecular flexibility index (Phi) is 10.9. The molecule has 27 heavy (non-hydrogen) atoms. The van der Waals surface area contributed by atoms with Crippen LogP contribution in [0.2, 0.25) is 5.02 Å². The Morgan fingerprint density at radius 2 is 2.11 bits per heavy atom. The van der Waals surface area contributed by atoms with E-state index in [0.717, 1.165) is 18.1 Å². The molecule has 1 aromatic carbocycles. The van der Waals surface area contributed by atoms with Crippen molar-refractivity contribution in [1.29, 1.82) is 0 Å². The first-order valence-electron chi connectivity index (χ1n) is 8.54. The van der Waals surface area contributed by atoms with Crippen molar-refractivity contribution in [2.45, 2.75) is 26.3 Å². The predicted octanol–water partition coefficient (Wildman–Crippen LogP) is 4.90. The quantitative estimate of drug-likeness (QED) is 0.294. The average Bonchev–Trinajstić information content (AvgIpc) is 3.18. The Hall–Kier alpha value is -1.19. The van der Waals surface area contributed by atoms with Crippen molar-refractivity contribution in [3.8, 4) is 11.5 Å². The van der Waals surface area contributed by atoms with E-state index >= 15 is 0 Å². The SMILES string of the molecule is CCOc1c(Cl)cc(CNC(=NC)NCC(C)c2ccsc2)cc1OC.I. The molecule has 1 unspecified atom stereocenters. The zero-order valence-electron chi connectivity index (χ0n) is 16.0. The second-order valence-corrected chi connectivity index (χ2v) is 6.99. The number of aliphatic imine (C=N–C) groups is 1. The van der Waals surface area contributed by atoms with Gasteiger partial charge in [-0.25, -0.2) is 0 Å². The van der Waals surface area contributed by atoms with Gasteiger partial charge in [0.25, 0.3) is 0 Å². The summed E-state index contributed by atoms with van der Waals surface area (Å²) in [5.74, 6) is 2.37. The normalized spacial score (nSPS) is 12.1. The third-order valence-corrected chi connectivity index (χ3v) is 4.93. The molecule has 1 heterocycles. The minimum Gasteiger partial charge on any atom is -0.493 e. The predicted molar refractivity (Wildman–Crippen MR) is 126 cm³/mol. The summed E-state index contributed by atoms with van der Waals surface area (Å²) in [7, 11) is 3.37. The van der Waals surface area contributed by atoms with E-state index in [-0.39, 0.29) is 24.0 Å². The highest BCUT2D eigenvalue weighted by atomic mass is 127. The van der Waals surface area contributed by atoms with Crippen molar-refractivity contribution >= 4 is 52.9 Å². The van der Waals surface area contributed by atoms with Gasteiger partial charge in [0.15, 0.2) is 17.5 Å². The molecule has 1 atom stereocenters. The zero-order chi connectivity index (χ0) is 18.9. The van der Waals surface area contributed by atoms with Gasteiger partial charge in [-0.05, 0) is 52.9 Å². The smallest absolute Gasteiger partial charge is 0.191 e. The number of halogens is 2. The second kappa shape index (κ2) is 12.3. The molecule has 0 fully saturated rings. The third-order valence-electron chi connectivity index (χ3n) is 3.95. The summed E-state index contributed by atoms with van der Waals surface area (Å²) in [6.45, 7) is 6.03. The molecule has 5 nitrogen and oxygen atoms in total. The van der Waals surface area contributed by atoms with Gasteiger partial charge in [-0.1, -0.05) is 18.5 Å². The van der Waals surface area contributed by atoms with Crippen LogP contribution in [0.5, 0.6) is 11.5 Å². The van der Waals surface area contributed by atoms with Gasteiger partial charge in [-0.15, -0.1) is 24.0 Å². The van der Waals surface area contributed by atoms with Crippen LogP contribution in [-0.2, 0) is 6.54 Å². The van der Waals surface area contributed by atoms with Gasteiger partial charge in [-0.3, -0.25) is 4.99 Å². The maximum Gasteiger partial charge on any atom is 0.191 e. The topological polar surface area (TPSA) is 54.9 Å². The van der Waals surface area contributed by atoms with E-state index in [1.807, 2.05) is 19.1 Å². The number of nitrogens with zero attached hydrogens (tertiary/aromatic N) is 1. The van der Waals surface area contributed by atoms with E-state index < -0.39 is 0 Å². The van der Waals surface area contributed by atoms with E-state index in [0.29, 0.717) is 35.6 Å². The van der Waals surface area contributed by atoms with Crippen LogP contribution in [0.1, 0.15) is 30.9 Å². The van der Waals surface area contributed by atoms with Crippen LogP contribution in [0, 0.1) is 0 Å². The number of ether oxygens (including phenoxy) is 2. The molecule has 0 bridgehead atoms. The Balaban J connectivity index is 0.00000364. The number of rotatable bonds is 8. The van der Waals surface area contributed by atoms with Gasteiger partial charge in [0.1, 0.15) is 0 Å². The molecule has 0 saturated heterocycles. The van der Waals surface area contributed by atoms with Crippen molar-refractivity contribution in [1.82, 2.24) is 10.6 Å². The molecule has 2 N–H and O–H groups in total. The van der Waals surface area contributed by atoms with Crippen LogP contribution < -0.4 is 20.1 Å². The lowest BCUT2D eigenvalue weighted by Gasteiger charge is -2.17. The average molecular weight is 524 g/mol. The van der Waals surface area contributed by atoms with Gasteiger partial charge in [0.2, 0.25) is 0 Å². The molecule has 2 aromatic rings. The summed E-state index contributed by atoms with van der Waals surface area (Å²) in [6, 6.07) is 5.95. The van der Waals surface area contributed by atoms with Gasteiger partial charge in [-0.2, -0.15) is 11.3 Å². The lowest BCUT2D eigenvalue weighted by molar-refractivity contribution is 0.311. The zero-order valence-corrected chi connectivity index (χ0v) is 19.9. The highest BCUT2D eigenvalue weighted by Crippen LogP contribution is 2.36. The first-order valence-corrected chi connectivity index (χ1v) is 9.86. The molecule has 0 radical (unpaired) electrons. The van der Waals surface area contributed by atoms with Crippen molar-refractivity contribution in [3.63, 3.8) is 0 Å². The van der Waals surface area contributed by atoms with Crippen molar-refractivity contribution in [2.75, 3.05) is 27.3 Å². The number of methoxy groups -OCH3 is 1. The molecule has 150 valence electrons. The lowest BCUT2D eigenvalue weighted by Crippen LogP contribution is -2.38. The molecule has 0 amide bonds. The maximum atomic E-state index is 6.32. The van der Waals surface area contributed by atoms with E-state index in [2.05, 4.69) is 39.4 Å². The number of thiophene rings is 1. The monoisotopic (exact) mass is 523 g/mol. The summed E-state index contributed by atoms with van der Waals surface area (Å²) in [5, 5.41) is 11.5. The Bertz CT molecular complexity index is 726. The Morgan fingerprint density at radius 1 is 1.33 bits per heavy atom. The maximum absolute atomic E-state index is 6.32. The van der Waals surface area contributed by atoms with Crippen molar-refractivity contribution in [3.05, 3.63) is 45.1 Å². The fourth-order valence-corrected chi connectivity index (χ4v) is 3.56. The number of hydrogen-bond donors (Lipinski definition) is 2.